The van der Waals surface area contributed by atoms with E-state index in [-0.39, 0.29) is 48.4 Å². The summed E-state index contributed by atoms with van der Waals surface area (Å²) in [5.74, 6) is -6.76. The highest BCUT2D eigenvalue weighted by Crippen LogP contribution is 2.70. The van der Waals surface area contributed by atoms with E-state index < -0.39 is 22.7 Å². The minimum atomic E-state index is -3.05. The molecule has 134 valence electrons. The van der Waals surface area contributed by atoms with Crippen LogP contribution >= 0.6 is 0 Å². The molecule has 0 saturated heterocycles. The fraction of sp³-hybridized carbons (Fsp3) is 0.842. The van der Waals surface area contributed by atoms with Gasteiger partial charge < -0.3 is 0 Å². The Kier molecular flexibility index (Phi) is 3.21. The lowest BCUT2D eigenvalue weighted by molar-refractivity contribution is -0.174. The van der Waals surface area contributed by atoms with Gasteiger partial charge in [0, 0.05) is 30.3 Å². The number of carbonyl (C=O) groups excluding carboxylic acids is 1. The number of halogens is 4. The molecule has 4 aliphatic rings. The number of fused-ring (bicyclic) bond motifs is 5. The molecule has 0 bridgehead atoms. The first-order valence-corrected chi connectivity index (χ1v) is 9.02. The molecule has 5 atom stereocenters. The van der Waals surface area contributed by atoms with Crippen molar-refractivity contribution in [2.45, 2.75) is 70.6 Å². The summed E-state index contributed by atoms with van der Waals surface area (Å²) in [5, 5.41) is 0. The Morgan fingerprint density at radius 3 is 2.38 bits per heavy atom. The second-order valence-electron chi connectivity index (χ2n) is 8.93. The van der Waals surface area contributed by atoms with Crippen molar-refractivity contribution in [3.05, 3.63) is 11.6 Å². The van der Waals surface area contributed by atoms with Gasteiger partial charge in [0.2, 0.25) is 0 Å². The van der Waals surface area contributed by atoms with Crippen molar-refractivity contribution in [1.29, 1.82) is 0 Å². The third-order valence-electron chi connectivity index (χ3n) is 7.95. The molecule has 0 aromatic carbocycles. The summed E-state index contributed by atoms with van der Waals surface area (Å²) in [6.45, 7) is 3.45. The van der Waals surface area contributed by atoms with Crippen LogP contribution in [0.1, 0.15) is 58.8 Å². The fourth-order valence-electron chi connectivity index (χ4n) is 6.52. The fourth-order valence-corrected chi connectivity index (χ4v) is 6.52. The quantitative estimate of drug-likeness (QED) is 0.538. The minimum Gasteiger partial charge on any atom is -0.295 e. The standard InChI is InChI=1S/C19H24F4O/c1-16-6-3-11(24)9-15(16)18(20,21)10-12-13(16)4-7-17(2)14(12)5-8-19(17,22)23/h9,12-14H,3-8,10H2,1-2H3/t12-,13+,14+,16-,17+/m1/s1. The first-order chi connectivity index (χ1) is 11.0. The average Bonchev–Trinajstić information content (AvgIpc) is 2.71. The molecule has 0 amide bonds. The summed E-state index contributed by atoms with van der Waals surface area (Å²) in [5.41, 5.74) is -1.90. The van der Waals surface area contributed by atoms with Gasteiger partial charge in [0.15, 0.2) is 5.78 Å². The third kappa shape index (κ3) is 1.90. The van der Waals surface area contributed by atoms with Gasteiger partial charge in [-0.2, -0.15) is 0 Å². The number of rotatable bonds is 0. The lowest BCUT2D eigenvalue weighted by Crippen LogP contribution is -2.57. The van der Waals surface area contributed by atoms with Crippen LogP contribution in [0, 0.1) is 28.6 Å². The average molecular weight is 344 g/mol. The molecule has 1 nitrogen and oxygen atoms in total. The molecule has 0 spiro atoms. The Hall–Kier alpha value is -0.870. The Bertz CT molecular complexity index is 625. The molecule has 3 saturated carbocycles. The highest BCUT2D eigenvalue weighted by atomic mass is 19.3. The maximum Gasteiger partial charge on any atom is 0.270 e. The number of carbonyl (C=O) groups is 1. The molecule has 0 N–H and O–H groups in total. The second kappa shape index (κ2) is 4.64. The number of allylic oxidation sites excluding steroid dienone is 1. The summed E-state index contributed by atoms with van der Waals surface area (Å²) in [6, 6.07) is 0. The van der Waals surface area contributed by atoms with Gasteiger partial charge in [-0.1, -0.05) is 13.8 Å². The number of alkyl halides is 4. The smallest absolute Gasteiger partial charge is 0.270 e. The first-order valence-electron chi connectivity index (χ1n) is 9.02. The van der Waals surface area contributed by atoms with E-state index in [1.165, 1.54) is 0 Å². The Balaban J connectivity index is 1.78. The van der Waals surface area contributed by atoms with Gasteiger partial charge in [-0.15, -0.1) is 0 Å². The highest BCUT2D eigenvalue weighted by molar-refractivity contribution is 5.92. The van der Waals surface area contributed by atoms with Crippen LogP contribution in [0.4, 0.5) is 17.6 Å². The molecule has 0 aromatic heterocycles. The number of ketones is 1. The van der Waals surface area contributed by atoms with Crippen LogP contribution in [-0.4, -0.2) is 17.6 Å². The van der Waals surface area contributed by atoms with E-state index in [1.807, 2.05) is 6.92 Å². The van der Waals surface area contributed by atoms with Crippen LogP contribution in [-0.2, 0) is 4.79 Å². The van der Waals surface area contributed by atoms with Crippen molar-refractivity contribution in [3.8, 4) is 0 Å². The predicted octanol–water partition coefficient (Wildman–Crippen LogP) is 5.40. The van der Waals surface area contributed by atoms with Crippen molar-refractivity contribution in [2.75, 3.05) is 0 Å². The van der Waals surface area contributed by atoms with Crippen LogP contribution in [0.15, 0.2) is 11.6 Å². The lowest BCUT2D eigenvalue weighted by Gasteiger charge is -2.59. The summed E-state index contributed by atoms with van der Waals surface area (Å²) < 4.78 is 58.7. The summed E-state index contributed by atoms with van der Waals surface area (Å²) >= 11 is 0. The zero-order chi connectivity index (χ0) is 17.5. The van der Waals surface area contributed by atoms with E-state index in [4.69, 9.17) is 0 Å². The van der Waals surface area contributed by atoms with Crippen molar-refractivity contribution in [2.24, 2.45) is 28.6 Å². The maximum absolute atomic E-state index is 14.9. The molecule has 0 unspecified atom stereocenters. The van der Waals surface area contributed by atoms with Crippen molar-refractivity contribution in [3.63, 3.8) is 0 Å². The number of hydrogen-bond acceptors (Lipinski definition) is 1. The van der Waals surface area contributed by atoms with Gasteiger partial charge in [-0.25, -0.2) is 17.6 Å². The molecule has 0 aliphatic heterocycles. The highest BCUT2D eigenvalue weighted by Gasteiger charge is 2.69. The van der Waals surface area contributed by atoms with E-state index in [0.717, 1.165) is 6.08 Å². The molecule has 4 aliphatic carbocycles. The lowest BCUT2D eigenvalue weighted by atomic mass is 9.46. The molecule has 5 heteroatoms. The summed E-state index contributed by atoms with van der Waals surface area (Å²) in [7, 11) is 0. The monoisotopic (exact) mass is 344 g/mol. The molecule has 3 fully saturated rings. The number of hydrogen-bond donors (Lipinski definition) is 0. The van der Waals surface area contributed by atoms with Gasteiger partial charge in [-0.3, -0.25) is 4.79 Å². The molecule has 0 heterocycles. The van der Waals surface area contributed by atoms with E-state index >= 15 is 0 Å². The zero-order valence-electron chi connectivity index (χ0n) is 14.2. The van der Waals surface area contributed by atoms with Crippen LogP contribution in [0.3, 0.4) is 0 Å². The first kappa shape index (κ1) is 16.6. The second-order valence-corrected chi connectivity index (χ2v) is 8.93. The van der Waals surface area contributed by atoms with Crippen molar-refractivity contribution in [1.82, 2.24) is 0 Å². The van der Waals surface area contributed by atoms with Gasteiger partial charge in [0.25, 0.3) is 11.8 Å². The van der Waals surface area contributed by atoms with E-state index in [1.54, 1.807) is 6.92 Å². The van der Waals surface area contributed by atoms with Gasteiger partial charge in [0.05, 0.1) is 0 Å². The maximum atomic E-state index is 14.9. The van der Waals surface area contributed by atoms with Crippen LogP contribution in [0.25, 0.3) is 0 Å². The molecule has 4 rings (SSSR count). The predicted molar refractivity (Wildman–Crippen MR) is 82.0 cm³/mol. The Morgan fingerprint density at radius 1 is 1.00 bits per heavy atom. The van der Waals surface area contributed by atoms with Crippen LogP contribution < -0.4 is 0 Å². The minimum absolute atomic E-state index is 0.0107. The molecule has 0 aromatic rings. The van der Waals surface area contributed by atoms with Crippen LogP contribution in [0.2, 0.25) is 0 Å². The van der Waals surface area contributed by atoms with E-state index in [2.05, 4.69) is 0 Å². The van der Waals surface area contributed by atoms with Crippen molar-refractivity contribution >= 4 is 5.78 Å². The van der Waals surface area contributed by atoms with Gasteiger partial charge >= 0.3 is 0 Å². The molecular formula is C19H24F4O. The third-order valence-corrected chi connectivity index (χ3v) is 7.95. The van der Waals surface area contributed by atoms with Gasteiger partial charge in [0.1, 0.15) is 0 Å². The van der Waals surface area contributed by atoms with Crippen molar-refractivity contribution < 1.29 is 22.4 Å². The molecule has 0 radical (unpaired) electrons. The Labute approximate surface area is 139 Å². The van der Waals surface area contributed by atoms with E-state index in [9.17, 15) is 22.4 Å². The molecular weight excluding hydrogens is 320 g/mol. The largest absolute Gasteiger partial charge is 0.295 e. The van der Waals surface area contributed by atoms with E-state index in [0.29, 0.717) is 25.7 Å². The van der Waals surface area contributed by atoms with Gasteiger partial charge in [-0.05, 0) is 54.9 Å². The normalized spacial score (nSPS) is 49.0. The molecule has 24 heavy (non-hydrogen) atoms. The Morgan fingerprint density at radius 2 is 1.67 bits per heavy atom. The summed E-state index contributed by atoms with van der Waals surface area (Å²) in [6.07, 6.45) is 2.63. The van der Waals surface area contributed by atoms with Crippen LogP contribution in [0.5, 0.6) is 0 Å². The SMILES string of the molecule is C[C@]12CCC(=O)C=C1C(F)(F)C[C@@H]1[C@@H]2CC[C@@]2(C)[C@H]1CCC2(F)F. The topological polar surface area (TPSA) is 17.1 Å². The zero-order valence-corrected chi connectivity index (χ0v) is 14.2. The summed E-state index contributed by atoms with van der Waals surface area (Å²) in [4.78, 5) is 11.7.